The number of hydrogen-bond acceptors (Lipinski definition) is 5. The lowest BCUT2D eigenvalue weighted by molar-refractivity contribution is -0.123. The first-order valence-corrected chi connectivity index (χ1v) is 9.27. The third kappa shape index (κ3) is 4.71. The lowest BCUT2D eigenvalue weighted by atomic mass is 10.1. The topological polar surface area (TPSA) is 81.9 Å². The average molecular weight is 430 g/mol. The number of tetrazole rings is 1. The van der Waals surface area contributed by atoms with E-state index in [9.17, 15) is 4.79 Å². The SMILES string of the molecule is Cc1ccc(C)c(OCC(=O)NC(C)c2nnnn2-c2ccc(Br)cc2)c1. The first kappa shape index (κ1) is 19.0. The van der Waals surface area contributed by atoms with Gasteiger partial charge in [0.05, 0.1) is 11.7 Å². The summed E-state index contributed by atoms with van der Waals surface area (Å²) in [5.74, 6) is 1.00. The Morgan fingerprint density at radius 2 is 1.96 bits per heavy atom. The number of carbonyl (C=O) groups excluding carboxylic acids is 1. The van der Waals surface area contributed by atoms with Crippen molar-refractivity contribution in [2.24, 2.45) is 0 Å². The summed E-state index contributed by atoms with van der Waals surface area (Å²) >= 11 is 3.40. The van der Waals surface area contributed by atoms with Crippen molar-refractivity contribution in [3.63, 3.8) is 0 Å². The van der Waals surface area contributed by atoms with Gasteiger partial charge in [-0.1, -0.05) is 28.1 Å². The summed E-state index contributed by atoms with van der Waals surface area (Å²) in [6.45, 7) is 5.68. The number of nitrogens with zero attached hydrogens (tertiary/aromatic N) is 4. The summed E-state index contributed by atoms with van der Waals surface area (Å²) in [7, 11) is 0. The van der Waals surface area contributed by atoms with E-state index in [1.54, 1.807) is 4.68 Å². The minimum Gasteiger partial charge on any atom is -0.483 e. The Labute approximate surface area is 165 Å². The second kappa shape index (κ2) is 8.30. The lowest BCUT2D eigenvalue weighted by Gasteiger charge is -2.15. The minimum atomic E-state index is -0.377. The first-order chi connectivity index (χ1) is 12.9. The number of aromatic nitrogens is 4. The van der Waals surface area contributed by atoms with Crippen LogP contribution in [0, 0.1) is 13.8 Å². The van der Waals surface area contributed by atoms with Gasteiger partial charge in [-0.15, -0.1) is 5.10 Å². The van der Waals surface area contributed by atoms with Gasteiger partial charge in [-0.05, 0) is 72.7 Å². The Kier molecular flexibility index (Phi) is 5.85. The van der Waals surface area contributed by atoms with Crippen LogP contribution in [0.3, 0.4) is 0 Å². The predicted molar refractivity (Wildman–Crippen MR) is 105 cm³/mol. The van der Waals surface area contributed by atoms with Gasteiger partial charge in [0.15, 0.2) is 12.4 Å². The van der Waals surface area contributed by atoms with Crippen molar-refractivity contribution >= 4 is 21.8 Å². The summed E-state index contributed by atoms with van der Waals surface area (Å²) < 4.78 is 8.21. The fraction of sp³-hybridized carbons (Fsp3) is 0.263. The molecule has 140 valence electrons. The molecule has 0 spiro atoms. The standard InChI is InChI=1S/C19H20BrN5O2/c1-12-4-5-13(2)17(10-12)27-11-18(26)21-14(3)19-22-23-24-25(19)16-8-6-15(20)7-9-16/h4-10,14H,11H2,1-3H3,(H,21,26). The van der Waals surface area contributed by atoms with E-state index in [0.717, 1.165) is 21.3 Å². The summed E-state index contributed by atoms with van der Waals surface area (Å²) in [5, 5.41) is 14.7. The zero-order valence-corrected chi connectivity index (χ0v) is 16.9. The van der Waals surface area contributed by atoms with Gasteiger partial charge in [0.2, 0.25) is 0 Å². The number of hydrogen-bond donors (Lipinski definition) is 1. The number of rotatable bonds is 6. The number of halogens is 1. The van der Waals surface area contributed by atoms with Gasteiger partial charge in [0.1, 0.15) is 5.75 Å². The molecule has 0 aliphatic carbocycles. The van der Waals surface area contributed by atoms with Gasteiger partial charge in [0.25, 0.3) is 5.91 Å². The molecule has 27 heavy (non-hydrogen) atoms. The summed E-state index contributed by atoms with van der Waals surface area (Å²) in [5.41, 5.74) is 2.88. The quantitative estimate of drug-likeness (QED) is 0.649. The van der Waals surface area contributed by atoms with E-state index < -0.39 is 0 Å². The van der Waals surface area contributed by atoms with Gasteiger partial charge < -0.3 is 10.1 Å². The fourth-order valence-corrected chi connectivity index (χ4v) is 2.85. The molecule has 7 nitrogen and oxygen atoms in total. The van der Waals surface area contributed by atoms with E-state index in [0.29, 0.717) is 11.6 Å². The predicted octanol–water partition coefficient (Wildman–Crippen LogP) is 3.30. The number of nitrogens with one attached hydrogen (secondary N) is 1. The van der Waals surface area contributed by atoms with Crippen LogP contribution in [0.2, 0.25) is 0 Å². The molecule has 1 aromatic heterocycles. The van der Waals surface area contributed by atoms with Crippen molar-refractivity contribution < 1.29 is 9.53 Å². The number of amides is 1. The van der Waals surface area contributed by atoms with Crippen molar-refractivity contribution in [3.05, 3.63) is 63.9 Å². The van der Waals surface area contributed by atoms with Gasteiger partial charge in [-0.2, -0.15) is 4.68 Å². The van der Waals surface area contributed by atoms with Crippen LogP contribution in [0.15, 0.2) is 46.9 Å². The van der Waals surface area contributed by atoms with Crippen LogP contribution in [0.4, 0.5) is 0 Å². The molecule has 0 saturated carbocycles. The Morgan fingerprint density at radius 1 is 1.22 bits per heavy atom. The molecule has 1 amide bonds. The van der Waals surface area contributed by atoms with Crippen molar-refractivity contribution in [2.45, 2.75) is 26.8 Å². The van der Waals surface area contributed by atoms with Crippen LogP contribution in [0.25, 0.3) is 5.69 Å². The van der Waals surface area contributed by atoms with E-state index in [1.807, 2.05) is 63.2 Å². The van der Waals surface area contributed by atoms with Crippen LogP contribution in [-0.4, -0.2) is 32.7 Å². The summed E-state index contributed by atoms with van der Waals surface area (Å²) in [6, 6.07) is 13.1. The molecule has 0 aliphatic heterocycles. The average Bonchev–Trinajstić information content (AvgIpc) is 3.13. The maximum atomic E-state index is 12.3. The largest absolute Gasteiger partial charge is 0.483 e. The summed E-state index contributed by atoms with van der Waals surface area (Å²) in [6.07, 6.45) is 0. The second-order valence-corrected chi connectivity index (χ2v) is 7.19. The molecule has 0 fully saturated rings. The maximum Gasteiger partial charge on any atom is 0.258 e. The Bertz CT molecular complexity index is 940. The van der Waals surface area contributed by atoms with Crippen LogP contribution < -0.4 is 10.1 Å². The van der Waals surface area contributed by atoms with Crippen LogP contribution in [0.1, 0.15) is 29.9 Å². The minimum absolute atomic E-state index is 0.0749. The van der Waals surface area contributed by atoms with Gasteiger partial charge in [-0.25, -0.2) is 0 Å². The molecule has 1 N–H and O–H groups in total. The van der Waals surface area contributed by atoms with Gasteiger partial charge >= 0.3 is 0 Å². The Morgan fingerprint density at radius 3 is 2.70 bits per heavy atom. The van der Waals surface area contributed by atoms with Crippen molar-refractivity contribution in [3.8, 4) is 11.4 Å². The van der Waals surface area contributed by atoms with Gasteiger partial charge in [0, 0.05) is 4.47 Å². The molecule has 3 rings (SSSR count). The monoisotopic (exact) mass is 429 g/mol. The number of carbonyl (C=O) groups is 1. The molecule has 0 aliphatic rings. The molecule has 1 unspecified atom stereocenters. The molecular weight excluding hydrogens is 410 g/mol. The highest BCUT2D eigenvalue weighted by molar-refractivity contribution is 9.10. The van der Waals surface area contributed by atoms with E-state index in [4.69, 9.17) is 4.74 Å². The Hall–Kier alpha value is -2.74. The summed E-state index contributed by atoms with van der Waals surface area (Å²) in [4.78, 5) is 12.3. The molecule has 0 radical (unpaired) electrons. The lowest BCUT2D eigenvalue weighted by Crippen LogP contribution is -2.32. The molecular formula is C19H20BrN5O2. The molecule has 2 aromatic carbocycles. The number of aryl methyl sites for hydroxylation is 2. The first-order valence-electron chi connectivity index (χ1n) is 8.47. The van der Waals surface area contributed by atoms with Crippen molar-refractivity contribution in [2.75, 3.05) is 6.61 Å². The normalized spacial score (nSPS) is 11.9. The zero-order valence-electron chi connectivity index (χ0n) is 15.3. The third-order valence-electron chi connectivity index (χ3n) is 4.03. The van der Waals surface area contributed by atoms with E-state index >= 15 is 0 Å². The van der Waals surface area contributed by atoms with Crippen LogP contribution in [-0.2, 0) is 4.79 Å². The molecule has 8 heteroatoms. The van der Waals surface area contributed by atoms with Crippen LogP contribution >= 0.6 is 15.9 Å². The third-order valence-corrected chi connectivity index (χ3v) is 4.56. The van der Waals surface area contributed by atoms with E-state index in [1.165, 1.54) is 0 Å². The zero-order chi connectivity index (χ0) is 19.4. The van der Waals surface area contributed by atoms with Gasteiger partial charge in [-0.3, -0.25) is 4.79 Å². The fourth-order valence-electron chi connectivity index (χ4n) is 2.58. The molecule has 1 atom stereocenters. The highest BCUT2D eigenvalue weighted by Gasteiger charge is 2.18. The van der Waals surface area contributed by atoms with Crippen LogP contribution in [0.5, 0.6) is 5.75 Å². The highest BCUT2D eigenvalue weighted by atomic mass is 79.9. The molecule has 0 bridgehead atoms. The number of ether oxygens (including phenoxy) is 1. The van der Waals surface area contributed by atoms with Crippen molar-refractivity contribution in [1.82, 2.24) is 25.5 Å². The molecule has 1 heterocycles. The van der Waals surface area contributed by atoms with E-state index in [-0.39, 0.29) is 18.6 Å². The second-order valence-electron chi connectivity index (χ2n) is 6.27. The Balaban J connectivity index is 1.64. The number of benzene rings is 2. The van der Waals surface area contributed by atoms with Crippen molar-refractivity contribution in [1.29, 1.82) is 0 Å². The van der Waals surface area contributed by atoms with E-state index in [2.05, 4.69) is 36.8 Å². The highest BCUT2D eigenvalue weighted by Crippen LogP contribution is 2.19. The molecule has 3 aromatic rings. The molecule has 0 saturated heterocycles. The smallest absolute Gasteiger partial charge is 0.258 e. The maximum absolute atomic E-state index is 12.3.